The molecule has 0 aliphatic heterocycles. The van der Waals surface area contributed by atoms with Crippen LogP contribution in [0.3, 0.4) is 0 Å². The van der Waals surface area contributed by atoms with Gasteiger partial charge in [0.05, 0.1) is 56.0 Å². The predicted octanol–water partition coefficient (Wildman–Crippen LogP) is 2.76. The summed E-state index contributed by atoms with van der Waals surface area (Å²) in [6, 6.07) is 4.58. The number of ether oxygens (including phenoxy) is 4. The van der Waals surface area contributed by atoms with E-state index in [0.29, 0.717) is 18.2 Å². The molecule has 14 nitrogen and oxygen atoms in total. The third-order valence-electron chi connectivity index (χ3n) is 4.22. The first kappa shape index (κ1) is 33.9. The summed E-state index contributed by atoms with van der Waals surface area (Å²) in [4.78, 5) is 62.5. The molecule has 0 radical (unpaired) electrons. The molecule has 212 valence electrons. The Kier molecular flexibility index (Phi) is 14.4. The van der Waals surface area contributed by atoms with Crippen LogP contribution >= 0.6 is 0 Å². The topological polar surface area (TPSA) is 191 Å². The molecule has 0 atom stereocenters. The van der Waals surface area contributed by atoms with Crippen molar-refractivity contribution < 1.29 is 61.1 Å². The minimum atomic E-state index is -1.63. The molecule has 0 aliphatic rings. The minimum absolute atomic E-state index is 0.287. The summed E-state index contributed by atoms with van der Waals surface area (Å²) in [7, 11) is 4.47. The van der Waals surface area contributed by atoms with Gasteiger partial charge in [-0.05, 0) is 24.3 Å². The second-order valence-corrected chi connectivity index (χ2v) is 6.62. The number of carbonyl (C=O) groups is 4. The molecule has 0 bridgehead atoms. The van der Waals surface area contributed by atoms with Crippen molar-refractivity contribution in [3.63, 3.8) is 0 Å². The normalized spacial score (nSPS) is 9.54. The summed E-state index contributed by atoms with van der Waals surface area (Å²) in [6.45, 7) is 0. The van der Waals surface area contributed by atoms with Gasteiger partial charge in [0.15, 0.2) is 5.92 Å². The lowest BCUT2D eigenvalue weighted by Crippen LogP contribution is -2.25. The van der Waals surface area contributed by atoms with Crippen LogP contribution in [0.2, 0.25) is 0 Å². The van der Waals surface area contributed by atoms with E-state index in [2.05, 4.69) is 18.9 Å². The zero-order chi connectivity index (χ0) is 30.3. The van der Waals surface area contributed by atoms with Crippen molar-refractivity contribution in [3.8, 4) is 0 Å². The maximum Gasteiger partial charge on any atom is 0.324 e. The van der Waals surface area contributed by atoms with E-state index < -0.39 is 68.5 Å². The second-order valence-electron chi connectivity index (χ2n) is 6.62. The summed E-state index contributed by atoms with van der Waals surface area (Å²) < 4.78 is 54.8. The van der Waals surface area contributed by atoms with Gasteiger partial charge in [0.1, 0.15) is 18.1 Å². The zero-order valence-electron chi connectivity index (χ0n) is 20.7. The van der Waals surface area contributed by atoms with Crippen LogP contribution in [0.4, 0.5) is 24.5 Å². The number of hydrogen-bond donors (Lipinski definition) is 0. The number of hydrogen-bond acceptors (Lipinski definition) is 12. The fourth-order valence-electron chi connectivity index (χ4n) is 2.39. The molecular formula is C22H21F3N2O12. The molecule has 0 aliphatic carbocycles. The monoisotopic (exact) mass is 562 g/mol. The van der Waals surface area contributed by atoms with Crippen LogP contribution < -0.4 is 0 Å². The maximum atomic E-state index is 13.0. The molecule has 0 saturated heterocycles. The largest absolute Gasteiger partial charge is 0.469 e. The number of esters is 4. The van der Waals surface area contributed by atoms with Crippen molar-refractivity contribution in [3.05, 3.63) is 79.6 Å². The number of nitrogens with zero attached hydrogens (tertiary/aromatic N) is 2. The van der Waals surface area contributed by atoms with Gasteiger partial charge >= 0.3 is 29.6 Å². The third-order valence-corrected chi connectivity index (χ3v) is 4.22. The van der Waals surface area contributed by atoms with Gasteiger partial charge in [-0.3, -0.25) is 39.4 Å². The first-order chi connectivity index (χ1) is 18.2. The van der Waals surface area contributed by atoms with Gasteiger partial charge in [0.2, 0.25) is 5.82 Å². The van der Waals surface area contributed by atoms with Crippen molar-refractivity contribution in [1.29, 1.82) is 0 Å². The second kappa shape index (κ2) is 16.6. The minimum Gasteiger partial charge on any atom is -0.469 e. The van der Waals surface area contributed by atoms with E-state index in [1.807, 2.05) is 0 Å². The summed E-state index contributed by atoms with van der Waals surface area (Å²) in [6.07, 6.45) is -0.312. The van der Waals surface area contributed by atoms with E-state index in [1.165, 1.54) is 14.2 Å². The highest BCUT2D eigenvalue weighted by Crippen LogP contribution is 2.29. The molecule has 0 unspecified atom stereocenters. The molecule has 2 aromatic rings. The van der Waals surface area contributed by atoms with Crippen LogP contribution in [0.25, 0.3) is 0 Å². The van der Waals surface area contributed by atoms with Gasteiger partial charge in [0, 0.05) is 0 Å². The van der Waals surface area contributed by atoms with Crippen molar-refractivity contribution in [2.45, 2.75) is 12.3 Å². The molecule has 0 saturated carbocycles. The Balaban J connectivity index is 0.000000612. The molecule has 0 N–H and O–H groups in total. The average Bonchev–Trinajstić information content (AvgIpc) is 2.90. The smallest absolute Gasteiger partial charge is 0.324 e. The number of nitro groups is 2. The summed E-state index contributed by atoms with van der Waals surface area (Å²) in [5.41, 5.74) is -1.82. The number of benzene rings is 2. The molecule has 2 rings (SSSR count). The van der Waals surface area contributed by atoms with E-state index in [9.17, 15) is 52.6 Å². The Bertz CT molecular complexity index is 1190. The van der Waals surface area contributed by atoms with Crippen molar-refractivity contribution in [1.82, 2.24) is 0 Å². The van der Waals surface area contributed by atoms with E-state index in [4.69, 9.17) is 0 Å². The Morgan fingerprint density at radius 2 is 1.13 bits per heavy atom. The van der Waals surface area contributed by atoms with Crippen molar-refractivity contribution >= 4 is 35.3 Å². The lowest BCUT2D eigenvalue weighted by atomic mass is 9.97. The van der Waals surface area contributed by atoms with Crippen LogP contribution in [0, 0.1) is 37.7 Å². The Morgan fingerprint density at radius 3 is 1.49 bits per heavy atom. The molecule has 0 amide bonds. The van der Waals surface area contributed by atoms with Crippen LogP contribution in [-0.4, -0.2) is 62.2 Å². The lowest BCUT2D eigenvalue weighted by Gasteiger charge is -2.12. The van der Waals surface area contributed by atoms with Gasteiger partial charge in [0.25, 0.3) is 5.69 Å². The maximum absolute atomic E-state index is 13.0. The van der Waals surface area contributed by atoms with Crippen LogP contribution in [0.15, 0.2) is 36.4 Å². The van der Waals surface area contributed by atoms with Crippen LogP contribution in [0.1, 0.15) is 17.9 Å². The average molecular weight is 562 g/mol. The number of methoxy groups -OCH3 is 4. The Hall–Kier alpha value is -5.09. The SMILES string of the molecule is COC(=O)C(C(=O)OC)c1ccc(F)cc1[N+](=O)[O-].COC(=O)CC(=O)OC.O=[N+]([O-])c1cc(F)ccc1F. The third kappa shape index (κ3) is 11.2. The molecule has 2 aromatic carbocycles. The molecule has 0 spiro atoms. The first-order valence-electron chi connectivity index (χ1n) is 10.1. The van der Waals surface area contributed by atoms with E-state index >= 15 is 0 Å². The van der Waals surface area contributed by atoms with Crippen LogP contribution in [0.5, 0.6) is 0 Å². The summed E-state index contributed by atoms with van der Waals surface area (Å²) >= 11 is 0. The quantitative estimate of drug-likeness (QED) is 0.158. The lowest BCUT2D eigenvalue weighted by molar-refractivity contribution is -0.387. The summed E-state index contributed by atoms with van der Waals surface area (Å²) in [5, 5.41) is 20.8. The van der Waals surface area contributed by atoms with Crippen LogP contribution in [-0.2, 0) is 38.1 Å². The van der Waals surface area contributed by atoms with Gasteiger partial charge < -0.3 is 18.9 Å². The molecule has 0 fully saturated rings. The Labute approximate surface area is 217 Å². The molecule has 17 heteroatoms. The standard InChI is InChI=1S/C11H10FNO6.C6H3F2NO2.C5H8O4/c1-18-10(14)9(11(15)19-2)7-4-3-6(12)5-8(7)13(16)17;7-4-1-2-5(8)6(3-4)9(10)11;1-8-4(6)3-5(7)9-2/h3-5,9H,1-2H3;1-3H;3H2,1-2H3. The highest BCUT2D eigenvalue weighted by atomic mass is 19.1. The first-order valence-corrected chi connectivity index (χ1v) is 10.1. The van der Waals surface area contributed by atoms with Crippen molar-refractivity contribution in [2.75, 3.05) is 28.4 Å². The van der Waals surface area contributed by atoms with Gasteiger partial charge in [-0.2, -0.15) is 4.39 Å². The highest BCUT2D eigenvalue weighted by molar-refractivity contribution is 6.01. The number of rotatable bonds is 7. The number of nitro benzene ring substituents is 2. The van der Waals surface area contributed by atoms with Gasteiger partial charge in [-0.1, -0.05) is 0 Å². The van der Waals surface area contributed by atoms with Gasteiger partial charge in [-0.25, -0.2) is 8.78 Å². The van der Waals surface area contributed by atoms with E-state index in [1.54, 1.807) is 0 Å². The zero-order valence-corrected chi connectivity index (χ0v) is 20.7. The van der Waals surface area contributed by atoms with Crippen molar-refractivity contribution in [2.24, 2.45) is 0 Å². The van der Waals surface area contributed by atoms with E-state index in [-0.39, 0.29) is 12.0 Å². The van der Waals surface area contributed by atoms with E-state index in [0.717, 1.165) is 32.4 Å². The molecule has 39 heavy (non-hydrogen) atoms. The number of halogens is 3. The molecule has 0 heterocycles. The molecular weight excluding hydrogens is 541 g/mol. The molecule has 0 aromatic heterocycles. The Morgan fingerprint density at radius 1 is 0.718 bits per heavy atom. The predicted molar refractivity (Wildman–Crippen MR) is 121 cm³/mol. The fourth-order valence-corrected chi connectivity index (χ4v) is 2.39. The van der Waals surface area contributed by atoms with Gasteiger partial charge in [-0.15, -0.1) is 0 Å². The summed E-state index contributed by atoms with van der Waals surface area (Å²) in [5.74, 6) is -7.55. The fraction of sp³-hybridized carbons (Fsp3) is 0.273. The number of carbonyl (C=O) groups excluding carboxylic acids is 4. The highest BCUT2D eigenvalue weighted by Gasteiger charge is 2.36.